The molecule has 1 aromatic heterocycles. The predicted octanol–water partition coefficient (Wildman–Crippen LogP) is 2.26. The maximum absolute atomic E-state index is 12.1. The first-order valence-electron chi connectivity index (χ1n) is 6.18. The lowest BCUT2D eigenvalue weighted by Gasteiger charge is -2.09. The maximum Gasteiger partial charge on any atom is 0.335 e. The van der Waals surface area contributed by atoms with E-state index in [0.717, 1.165) is 0 Å². The Balaban J connectivity index is 2.16. The second-order valence-electron chi connectivity index (χ2n) is 4.46. The first kappa shape index (κ1) is 16.2. The molecule has 0 bridgehead atoms. The van der Waals surface area contributed by atoms with Crippen LogP contribution in [0.1, 0.15) is 11.4 Å². The zero-order valence-electron chi connectivity index (χ0n) is 11.8. The standard InChI is InChI=1S/C13H13ClN4O3S/c1-8-7-9(2)16-12(15-8)17-13(19)18-22(20,21)11-6-4-3-5-10(11)14/h3-7H,1-2H3,(H2,15,16,17,18,19). The van der Waals surface area contributed by atoms with E-state index in [9.17, 15) is 13.2 Å². The predicted molar refractivity (Wildman–Crippen MR) is 82.3 cm³/mol. The Labute approximate surface area is 132 Å². The molecule has 9 heteroatoms. The number of amides is 2. The molecule has 2 N–H and O–H groups in total. The Morgan fingerprint density at radius 3 is 2.32 bits per heavy atom. The lowest BCUT2D eigenvalue weighted by molar-refractivity contribution is 0.256. The van der Waals surface area contributed by atoms with Gasteiger partial charge in [-0.1, -0.05) is 23.7 Å². The number of anilines is 1. The summed E-state index contributed by atoms with van der Waals surface area (Å²) >= 11 is 5.82. The van der Waals surface area contributed by atoms with Crippen molar-refractivity contribution in [3.8, 4) is 0 Å². The molecular formula is C13H13ClN4O3S. The van der Waals surface area contributed by atoms with Gasteiger partial charge < -0.3 is 0 Å². The zero-order chi connectivity index (χ0) is 16.3. The third-order valence-corrected chi connectivity index (χ3v) is 4.39. The van der Waals surface area contributed by atoms with Gasteiger partial charge in [0.1, 0.15) is 4.90 Å². The van der Waals surface area contributed by atoms with Gasteiger partial charge in [0.15, 0.2) is 0 Å². The molecule has 1 aromatic carbocycles. The number of hydrogen-bond acceptors (Lipinski definition) is 5. The molecule has 0 saturated heterocycles. The molecule has 0 saturated carbocycles. The molecule has 22 heavy (non-hydrogen) atoms. The van der Waals surface area contributed by atoms with Crippen molar-refractivity contribution in [1.82, 2.24) is 14.7 Å². The van der Waals surface area contributed by atoms with Gasteiger partial charge >= 0.3 is 6.03 Å². The number of nitrogens with one attached hydrogen (secondary N) is 2. The minimum absolute atomic E-state index is 0.0179. The summed E-state index contributed by atoms with van der Waals surface area (Å²) in [5.41, 5.74) is 1.30. The van der Waals surface area contributed by atoms with Gasteiger partial charge in [0.2, 0.25) is 5.95 Å². The fourth-order valence-corrected chi connectivity index (χ4v) is 3.18. The third-order valence-electron chi connectivity index (χ3n) is 2.56. The van der Waals surface area contributed by atoms with E-state index in [4.69, 9.17) is 11.6 Å². The lowest BCUT2D eigenvalue weighted by atomic mass is 10.4. The van der Waals surface area contributed by atoms with Crippen LogP contribution in [0.5, 0.6) is 0 Å². The summed E-state index contributed by atoms with van der Waals surface area (Å²) in [7, 11) is -4.08. The van der Waals surface area contributed by atoms with Crippen LogP contribution in [0.15, 0.2) is 35.2 Å². The smallest absolute Gasteiger partial charge is 0.275 e. The number of aromatic nitrogens is 2. The molecule has 1 heterocycles. The summed E-state index contributed by atoms with van der Waals surface area (Å²) in [6, 6.07) is 6.57. The molecule has 2 aromatic rings. The first-order chi connectivity index (χ1) is 10.3. The highest BCUT2D eigenvalue weighted by Crippen LogP contribution is 2.20. The fourth-order valence-electron chi connectivity index (χ4n) is 1.75. The van der Waals surface area contributed by atoms with Crippen molar-refractivity contribution >= 4 is 33.6 Å². The van der Waals surface area contributed by atoms with Gasteiger partial charge in [0, 0.05) is 11.4 Å². The molecule has 0 fully saturated rings. The van der Waals surface area contributed by atoms with E-state index in [1.807, 2.05) is 4.72 Å². The van der Waals surface area contributed by atoms with Crippen LogP contribution in [-0.2, 0) is 10.0 Å². The van der Waals surface area contributed by atoms with Crippen LogP contribution < -0.4 is 10.0 Å². The van der Waals surface area contributed by atoms with Crippen LogP contribution in [0.3, 0.4) is 0 Å². The van der Waals surface area contributed by atoms with Crippen LogP contribution in [0.2, 0.25) is 5.02 Å². The van der Waals surface area contributed by atoms with Gasteiger partial charge in [-0.3, -0.25) is 5.32 Å². The van der Waals surface area contributed by atoms with Crippen LogP contribution >= 0.6 is 11.6 Å². The largest absolute Gasteiger partial charge is 0.335 e. The Bertz CT molecular complexity index is 804. The Morgan fingerprint density at radius 1 is 1.14 bits per heavy atom. The van der Waals surface area contributed by atoms with E-state index in [-0.39, 0.29) is 15.9 Å². The molecule has 0 unspecified atom stereocenters. The second-order valence-corrected chi connectivity index (χ2v) is 6.52. The zero-order valence-corrected chi connectivity index (χ0v) is 13.4. The molecule has 0 radical (unpaired) electrons. The highest BCUT2D eigenvalue weighted by Gasteiger charge is 2.20. The molecule has 2 amide bonds. The number of carbonyl (C=O) groups excluding carboxylic acids is 1. The van der Waals surface area contributed by atoms with E-state index >= 15 is 0 Å². The van der Waals surface area contributed by atoms with Crippen molar-refractivity contribution in [2.75, 3.05) is 5.32 Å². The maximum atomic E-state index is 12.1. The number of nitrogens with zero attached hydrogens (tertiary/aromatic N) is 2. The summed E-state index contributed by atoms with van der Waals surface area (Å²) in [5, 5.41) is 2.29. The second kappa shape index (κ2) is 6.29. The first-order valence-corrected chi connectivity index (χ1v) is 8.04. The van der Waals surface area contributed by atoms with Gasteiger partial charge in [-0.05, 0) is 32.0 Å². The van der Waals surface area contributed by atoms with Crippen LogP contribution in [-0.4, -0.2) is 24.4 Å². The SMILES string of the molecule is Cc1cc(C)nc(NC(=O)NS(=O)(=O)c2ccccc2Cl)n1. The van der Waals surface area contributed by atoms with Gasteiger partial charge in [0.25, 0.3) is 10.0 Å². The minimum atomic E-state index is -4.08. The number of rotatable bonds is 3. The van der Waals surface area contributed by atoms with Crippen LogP contribution in [0.4, 0.5) is 10.7 Å². The molecule has 7 nitrogen and oxygen atoms in total. The summed E-state index contributed by atoms with van der Waals surface area (Å²) in [4.78, 5) is 19.6. The average Bonchev–Trinajstić information content (AvgIpc) is 2.36. The molecule has 0 atom stereocenters. The van der Waals surface area contributed by atoms with Gasteiger partial charge in [-0.15, -0.1) is 0 Å². The number of benzene rings is 1. The van der Waals surface area contributed by atoms with Crippen molar-refractivity contribution in [1.29, 1.82) is 0 Å². The summed E-state index contributed by atoms with van der Waals surface area (Å²) in [6.07, 6.45) is 0. The molecule has 0 spiro atoms. The lowest BCUT2D eigenvalue weighted by Crippen LogP contribution is -2.35. The van der Waals surface area contributed by atoms with E-state index in [0.29, 0.717) is 11.4 Å². The molecule has 2 rings (SSSR count). The highest BCUT2D eigenvalue weighted by molar-refractivity contribution is 7.90. The van der Waals surface area contributed by atoms with Crippen molar-refractivity contribution < 1.29 is 13.2 Å². The molecule has 0 aliphatic heterocycles. The third kappa shape index (κ3) is 3.92. The summed E-state index contributed by atoms with van der Waals surface area (Å²) in [5.74, 6) is 0.0179. The number of carbonyl (C=O) groups is 1. The normalized spacial score (nSPS) is 11.0. The number of aryl methyl sites for hydroxylation is 2. The number of sulfonamides is 1. The molecule has 0 aliphatic carbocycles. The van der Waals surface area contributed by atoms with E-state index in [2.05, 4.69) is 15.3 Å². The van der Waals surface area contributed by atoms with Gasteiger partial charge in [-0.2, -0.15) is 0 Å². The fraction of sp³-hybridized carbons (Fsp3) is 0.154. The van der Waals surface area contributed by atoms with Crippen LogP contribution in [0.25, 0.3) is 0 Å². The monoisotopic (exact) mass is 340 g/mol. The quantitative estimate of drug-likeness (QED) is 0.892. The number of urea groups is 1. The Kier molecular flexibility index (Phi) is 4.62. The van der Waals surface area contributed by atoms with Crippen molar-refractivity contribution in [3.63, 3.8) is 0 Å². The molecule has 116 valence electrons. The minimum Gasteiger partial charge on any atom is -0.275 e. The number of halogens is 1. The summed E-state index contributed by atoms with van der Waals surface area (Å²) < 4.78 is 26.0. The van der Waals surface area contributed by atoms with Crippen molar-refractivity contribution in [2.24, 2.45) is 0 Å². The van der Waals surface area contributed by atoms with Crippen molar-refractivity contribution in [3.05, 3.63) is 46.7 Å². The average molecular weight is 341 g/mol. The van der Waals surface area contributed by atoms with E-state index < -0.39 is 16.1 Å². The Morgan fingerprint density at radius 2 is 1.73 bits per heavy atom. The Hall–Kier alpha value is -2.19. The summed E-state index contributed by atoms with van der Waals surface area (Å²) in [6.45, 7) is 3.47. The topological polar surface area (TPSA) is 101 Å². The van der Waals surface area contributed by atoms with Gasteiger partial charge in [-0.25, -0.2) is 27.9 Å². The van der Waals surface area contributed by atoms with E-state index in [1.165, 1.54) is 18.2 Å². The van der Waals surface area contributed by atoms with Gasteiger partial charge in [0.05, 0.1) is 5.02 Å². The van der Waals surface area contributed by atoms with Crippen molar-refractivity contribution in [2.45, 2.75) is 18.7 Å². The molecular weight excluding hydrogens is 328 g/mol. The number of hydrogen-bond donors (Lipinski definition) is 2. The van der Waals surface area contributed by atoms with E-state index in [1.54, 1.807) is 26.0 Å². The highest BCUT2D eigenvalue weighted by atomic mass is 35.5. The van der Waals surface area contributed by atoms with Crippen LogP contribution in [0, 0.1) is 13.8 Å². The molecule has 0 aliphatic rings.